The molecule has 2 aliphatic heterocycles. The predicted octanol–water partition coefficient (Wildman–Crippen LogP) is -2.15. The zero-order valence-electron chi connectivity index (χ0n) is 35.6. The lowest BCUT2D eigenvalue weighted by atomic mass is 10.2. The number of aryl methyl sites for hydroxylation is 1. The van der Waals surface area contributed by atoms with Crippen molar-refractivity contribution < 1.29 is 85.7 Å². The summed E-state index contributed by atoms with van der Waals surface area (Å²) in [6.45, 7) is 0.283. The minimum absolute atomic E-state index is 0.0679. The summed E-state index contributed by atoms with van der Waals surface area (Å²) in [7, 11) is -17.0. The molecule has 2 aliphatic rings. The van der Waals surface area contributed by atoms with Crippen molar-refractivity contribution in [2.24, 2.45) is 0 Å². The molecule has 5 rings (SSSR count). The Morgan fingerprint density at radius 1 is 0.928 bits per heavy atom. The quantitative estimate of drug-likeness (QED) is 0.0128. The van der Waals surface area contributed by atoms with Gasteiger partial charge in [-0.1, -0.05) is 0 Å². The average Bonchev–Trinajstić information content (AvgIpc) is 3.95. The number of phosphoric acid groups is 3. The molecule has 3 amide bonds. The Balaban J connectivity index is 1.01. The van der Waals surface area contributed by atoms with Gasteiger partial charge < -0.3 is 64.9 Å². The number of aromatic amines is 1. The van der Waals surface area contributed by atoms with Crippen molar-refractivity contribution in [1.82, 2.24) is 49.9 Å². The van der Waals surface area contributed by atoms with Crippen LogP contribution in [0.25, 0.3) is 17.2 Å². The van der Waals surface area contributed by atoms with Gasteiger partial charge in [0.25, 0.3) is 15.7 Å². The molecule has 3 aromatic heterocycles. The van der Waals surface area contributed by atoms with Crippen molar-refractivity contribution in [3.63, 3.8) is 0 Å². The monoisotopic (exact) mass is 1050 g/mol. The minimum atomic E-state index is -5.81. The number of unbranched alkanes of at least 4 members (excludes halogenated alkanes) is 1. The Labute approximate surface area is 385 Å². The van der Waals surface area contributed by atoms with Crippen LogP contribution in [0, 0.1) is 20.2 Å². The second-order valence-corrected chi connectivity index (χ2v) is 19.1. The normalized spacial score (nSPS) is 21.4. The molecular formula is C31H46N13O22P3. The first kappa shape index (κ1) is 54.1. The molecule has 2 fully saturated rings. The molecule has 0 aromatic carbocycles. The standard InChI is InChI=1S/C31H46N13O22P3/c45-22-12-25(63-23(22)16-62-68(57,58)66-69(59,60)65-67(54,55)56)42-13-19(29(47)39-31(42)49)3-4-24(46)32-6-7-33-27-26-28(37-17-36-27)41(18-38-26)9-2-1-5-34-30(48)35-8-10-40-14-21(64-44(52)53)11-20(40)15-61-43(50)51/h3-4,13,17-18,20-23,25,45H,1-2,5-12,14-16H2,(H,32,46)(H,57,58)(H,59,60)(H,33,36,37)(H2,34,35,48)(H,39,47,49)(H2,54,55,56)/b4-3+. The number of hydrogen-bond acceptors (Lipinski definition) is 23. The molecule has 0 radical (unpaired) electrons. The van der Waals surface area contributed by atoms with Crippen molar-refractivity contribution in [1.29, 1.82) is 0 Å². The maximum absolute atomic E-state index is 12.6. The molecule has 3 aromatic rings. The number of amides is 3. The van der Waals surface area contributed by atoms with Gasteiger partial charge in [-0.3, -0.25) is 28.6 Å². The molecule has 7 atom stereocenters. The highest BCUT2D eigenvalue weighted by molar-refractivity contribution is 7.66. The third kappa shape index (κ3) is 17.3. The van der Waals surface area contributed by atoms with Gasteiger partial charge in [-0.05, 0) is 25.3 Å². The zero-order valence-corrected chi connectivity index (χ0v) is 38.2. The van der Waals surface area contributed by atoms with Crippen LogP contribution >= 0.6 is 23.5 Å². The van der Waals surface area contributed by atoms with E-state index in [0.717, 1.165) is 22.9 Å². The lowest BCUT2D eigenvalue weighted by Crippen LogP contribution is -2.43. The summed E-state index contributed by atoms with van der Waals surface area (Å²) < 4.78 is 54.3. The van der Waals surface area contributed by atoms with Crippen LogP contribution in [0.4, 0.5) is 10.6 Å². The van der Waals surface area contributed by atoms with Gasteiger partial charge >= 0.3 is 35.2 Å². The van der Waals surface area contributed by atoms with Crippen molar-refractivity contribution in [3.05, 3.63) is 71.6 Å². The summed E-state index contributed by atoms with van der Waals surface area (Å²) >= 11 is 0. The summed E-state index contributed by atoms with van der Waals surface area (Å²) in [4.78, 5) is 133. The van der Waals surface area contributed by atoms with E-state index in [4.69, 9.17) is 14.5 Å². The van der Waals surface area contributed by atoms with Crippen molar-refractivity contribution in [2.45, 2.75) is 62.8 Å². The van der Waals surface area contributed by atoms with E-state index in [1.165, 1.54) is 6.33 Å². The van der Waals surface area contributed by atoms with Crippen molar-refractivity contribution >= 4 is 58.5 Å². The smallest absolute Gasteiger partial charge is 0.390 e. The van der Waals surface area contributed by atoms with E-state index < -0.39 is 94.0 Å². The number of aliphatic hydroxyl groups is 1. The van der Waals surface area contributed by atoms with Crippen molar-refractivity contribution in [2.75, 3.05) is 57.8 Å². The van der Waals surface area contributed by atoms with E-state index in [1.54, 1.807) is 15.8 Å². The van der Waals surface area contributed by atoms with E-state index in [0.29, 0.717) is 42.9 Å². The van der Waals surface area contributed by atoms with Crippen LogP contribution < -0.4 is 32.5 Å². The maximum Gasteiger partial charge on any atom is 0.490 e. The third-order valence-corrected chi connectivity index (χ3v) is 13.6. The number of nitrogens with zero attached hydrogens (tertiary/aromatic N) is 8. The molecule has 10 N–H and O–H groups in total. The Morgan fingerprint density at radius 2 is 1.68 bits per heavy atom. The van der Waals surface area contributed by atoms with Gasteiger partial charge in [0.15, 0.2) is 11.5 Å². The number of H-pyrrole nitrogens is 1. The third-order valence-electron chi connectivity index (χ3n) is 9.75. The Kier molecular flexibility index (Phi) is 19.0. The van der Waals surface area contributed by atoms with Crippen LogP contribution in [-0.2, 0) is 52.6 Å². The molecule has 0 spiro atoms. The molecule has 7 unspecified atom stereocenters. The predicted molar refractivity (Wildman–Crippen MR) is 227 cm³/mol. The van der Waals surface area contributed by atoms with Gasteiger partial charge in [-0.25, -0.2) is 38.2 Å². The summed E-state index contributed by atoms with van der Waals surface area (Å²) in [6.07, 6.45) is 1.96. The first-order chi connectivity index (χ1) is 32.5. The highest BCUT2D eigenvalue weighted by Crippen LogP contribution is 2.66. The van der Waals surface area contributed by atoms with Gasteiger partial charge in [0.2, 0.25) is 5.91 Å². The molecule has 0 saturated carbocycles. The highest BCUT2D eigenvalue weighted by Gasteiger charge is 2.43. The fraction of sp³-hybridized carbons (Fsp3) is 0.581. The molecule has 2 saturated heterocycles. The van der Waals surface area contributed by atoms with Crippen LogP contribution in [-0.4, -0.2) is 158 Å². The molecule has 38 heteroatoms. The lowest BCUT2D eigenvalue weighted by Gasteiger charge is -2.23. The molecule has 0 aliphatic carbocycles. The second kappa shape index (κ2) is 24.2. The number of imidazole rings is 1. The van der Waals surface area contributed by atoms with Crippen LogP contribution in [0.15, 0.2) is 34.5 Å². The van der Waals surface area contributed by atoms with E-state index in [2.05, 4.69) is 59.0 Å². The summed E-state index contributed by atoms with van der Waals surface area (Å²) in [5, 5.41) is 40.9. The first-order valence-electron chi connectivity index (χ1n) is 20.1. The summed E-state index contributed by atoms with van der Waals surface area (Å²) in [6, 6.07) is -0.964. The number of fused-ring (bicyclic) bond motifs is 1. The SMILES string of the molecule is O=C(/C=C/c1cn(C2CC(O)C(COP(=O)(O)OP(=O)(O)OP(=O)(O)O)O2)c(=O)[nH]c1=O)NCCNc1ncnc2c1ncn2CCCCNC(=O)NCCN1CC(O[N+](=O)[O-])CC1CO[N+](=O)[O-]. The average molecular weight is 1050 g/mol. The number of urea groups is 1. The number of phosphoric ester groups is 1. The zero-order chi connectivity index (χ0) is 50.5. The number of carbonyl (C=O) groups excluding carboxylic acids is 2. The van der Waals surface area contributed by atoms with Crippen molar-refractivity contribution in [3.8, 4) is 0 Å². The topological polar surface area (TPSA) is 478 Å². The Morgan fingerprint density at radius 3 is 2.41 bits per heavy atom. The van der Waals surface area contributed by atoms with E-state index in [9.17, 15) is 68.0 Å². The van der Waals surface area contributed by atoms with E-state index in [-0.39, 0.29) is 57.7 Å². The number of aliphatic hydroxyl groups excluding tert-OH is 1. The molecule has 382 valence electrons. The number of rotatable bonds is 27. The second-order valence-electron chi connectivity index (χ2n) is 14.7. The van der Waals surface area contributed by atoms with E-state index >= 15 is 0 Å². The Bertz CT molecular complexity index is 2610. The van der Waals surface area contributed by atoms with Gasteiger partial charge in [0.05, 0.1) is 24.6 Å². The molecule has 5 heterocycles. The number of ether oxygens (including phenoxy) is 1. The first-order valence-corrected chi connectivity index (χ1v) is 24.7. The number of nitrogens with one attached hydrogen (secondary N) is 5. The number of hydrogen-bond donors (Lipinski definition) is 10. The number of carbonyl (C=O) groups is 2. The van der Waals surface area contributed by atoms with E-state index in [1.807, 2.05) is 4.98 Å². The molecular weight excluding hydrogens is 999 g/mol. The van der Waals surface area contributed by atoms with Crippen LogP contribution in [0.2, 0.25) is 0 Å². The largest absolute Gasteiger partial charge is 0.490 e. The van der Waals surface area contributed by atoms with Gasteiger partial charge in [0.1, 0.15) is 36.9 Å². The number of likely N-dealkylation sites (tertiary alicyclic amines) is 1. The van der Waals surface area contributed by atoms with Gasteiger partial charge in [-0.15, -0.1) is 20.2 Å². The lowest BCUT2D eigenvalue weighted by molar-refractivity contribution is -0.768. The van der Waals surface area contributed by atoms with Crippen LogP contribution in [0.3, 0.4) is 0 Å². The number of anilines is 1. The maximum atomic E-state index is 12.6. The summed E-state index contributed by atoms with van der Waals surface area (Å²) in [5.41, 5.74) is -1.13. The summed E-state index contributed by atoms with van der Waals surface area (Å²) in [5.74, 6) is -0.270. The molecule has 0 bridgehead atoms. The van der Waals surface area contributed by atoms with Crippen LogP contribution in [0.1, 0.15) is 37.5 Å². The highest BCUT2D eigenvalue weighted by atomic mass is 31.3. The fourth-order valence-electron chi connectivity index (χ4n) is 6.82. The van der Waals surface area contributed by atoms with Gasteiger partial charge in [-0.2, -0.15) is 8.62 Å². The number of aromatic nitrogens is 6. The molecule has 69 heavy (non-hydrogen) atoms. The Hall–Kier alpha value is -5.80. The van der Waals surface area contributed by atoms with Gasteiger partial charge in [0, 0.05) is 70.5 Å². The van der Waals surface area contributed by atoms with Crippen LogP contribution in [0.5, 0.6) is 0 Å². The molecule has 35 nitrogen and oxygen atoms in total. The fourth-order valence-corrected chi connectivity index (χ4v) is 9.85. The minimum Gasteiger partial charge on any atom is -0.390 e.